The molecule has 2 aromatic rings. The lowest BCUT2D eigenvalue weighted by atomic mass is 10.0. The number of amides is 2. The van der Waals surface area contributed by atoms with Gasteiger partial charge in [0.1, 0.15) is 5.75 Å². The Morgan fingerprint density at radius 2 is 1.93 bits per heavy atom. The van der Waals surface area contributed by atoms with E-state index in [1.165, 1.54) is 5.56 Å². The van der Waals surface area contributed by atoms with E-state index in [2.05, 4.69) is 29.5 Å². The predicted octanol–water partition coefficient (Wildman–Crippen LogP) is 4.05. The fourth-order valence-electron chi connectivity index (χ4n) is 2.85. The Bertz CT molecular complexity index is 800. The Morgan fingerprint density at radius 3 is 2.59 bits per heavy atom. The minimum atomic E-state index is -0.188. The van der Waals surface area contributed by atoms with Crippen molar-refractivity contribution in [3.63, 3.8) is 0 Å². The van der Waals surface area contributed by atoms with Crippen LogP contribution in [0.1, 0.15) is 24.5 Å². The molecule has 2 amide bonds. The summed E-state index contributed by atoms with van der Waals surface area (Å²) >= 11 is 0. The highest BCUT2D eigenvalue weighted by Crippen LogP contribution is 2.19. The fraction of sp³-hybridized carbons (Fsp3) is 0.333. The summed E-state index contributed by atoms with van der Waals surface area (Å²) in [6.07, 6.45) is 0.543. The zero-order valence-electron chi connectivity index (χ0n) is 15.9. The molecule has 0 unspecified atom stereocenters. The van der Waals surface area contributed by atoms with Gasteiger partial charge in [0, 0.05) is 19.2 Å². The minimum Gasteiger partial charge on any atom is -0.494 e. The molecule has 1 aliphatic heterocycles. The average Bonchev–Trinajstić information content (AvgIpc) is 3.12. The van der Waals surface area contributed by atoms with Crippen LogP contribution in [0.2, 0.25) is 0 Å². The van der Waals surface area contributed by atoms with E-state index in [-0.39, 0.29) is 12.1 Å². The highest BCUT2D eigenvalue weighted by Gasteiger charge is 2.25. The van der Waals surface area contributed by atoms with Gasteiger partial charge < -0.3 is 19.8 Å². The number of aryl methyl sites for hydroxylation is 1. The van der Waals surface area contributed by atoms with E-state index in [0.29, 0.717) is 19.6 Å². The van der Waals surface area contributed by atoms with Crippen molar-refractivity contribution in [3.8, 4) is 5.75 Å². The van der Waals surface area contributed by atoms with E-state index in [9.17, 15) is 4.79 Å². The van der Waals surface area contributed by atoms with Gasteiger partial charge in [-0.05, 0) is 43.7 Å². The lowest BCUT2D eigenvalue weighted by Crippen LogP contribution is -2.37. The minimum absolute atomic E-state index is 0.141. The van der Waals surface area contributed by atoms with Crippen LogP contribution in [0.5, 0.6) is 5.75 Å². The summed E-state index contributed by atoms with van der Waals surface area (Å²) in [4.78, 5) is 19.5. The summed E-state index contributed by atoms with van der Waals surface area (Å²) in [6.45, 7) is 5.06. The zero-order valence-corrected chi connectivity index (χ0v) is 15.9. The summed E-state index contributed by atoms with van der Waals surface area (Å²) < 4.78 is 5.40. The zero-order chi connectivity index (χ0) is 19.2. The summed E-state index contributed by atoms with van der Waals surface area (Å²) in [5, 5.41) is 7.06. The maximum absolute atomic E-state index is 12.4. The summed E-state index contributed by atoms with van der Waals surface area (Å²) in [5.74, 6) is 0.781. The van der Waals surface area contributed by atoms with Crippen LogP contribution < -0.4 is 10.1 Å². The summed E-state index contributed by atoms with van der Waals surface area (Å²) in [5.41, 5.74) is 3.91. The average molecular weight is 367 g/mol. The number of hydrogen-bond donors (Lipinski definition) is 1. The highest BCUT2D eigenvalue weighted by molar-refractivity contribution is 6.01. The SMILES string of the molecule is CCOc1ccc(NC(=O)N(C)C[C@H]2CC(c3ccc(C)cc3)=NO2)cc1. The fourth-order valence-corrected chi connectivity index (χ4v) is 2.85. The van der Waals surface area contributed by atoms with E-state index in [1.807, 2.05) is 43.3 Å². The van der Waals surface area contributed by atoms with Gasteiger partial charge in [0.15, 0.2) is 6.10 Å². The Morgan fingerprint density at radius 1 is 1.22 bits per heavy atom. The second kappa shape index (κ2) is 8.58. The van der Waals surface area contributed by atoms with Gasteiger partial charge in [0.05, 0.1) is 18.9 Å². The molecule has 0 saturated heterocycles. The predicted molar refractivity (Wildman–Crippen MR) is 106 cm³/mol. The Hall–Kier alpha value is -3.02. The largest absolute Gasteiger partial charge is 0.494 e. The molecule has 1 heterocycles. The number of nitrogens with one attached hydrogen (secondary N) is 1. The van der Waals surface area contributed by atoms with Crippen LogP contribution in [0.4, 0.5) is 10.5 Å². The topological polar surface area (TPSA) is 63.2 Å². The van der Waals surface area contributed by atoms with E-state index in [1.54, 1.807) is 11.9 Å². The third kappa shape index (κ3) is 5.00. The van der Waals surface area contributed by atoms with Crippen molar-refractivity contribution in [1.29, 1.82) is 0 Å². The van der Waals surface area contributed by atoms with Crippen LogP contribution >= 0.6 is 0 Å². The second-order valence-corrected chi connectivity index (χ2v) is 6.60. The molecule has 1 aliphatic rings. The number of anilines is 1. The highest BCUT2D eigenvalue weighted by atomic mass is 16.6. The van der Waals surface area contributed by atoms with Gasteiger partial charge in [-0.1, -0.05) is 35.0 Å². The first-order chi connectivity index (χ1) is 13.0. The number of oxime groups is 1. The van der Waals surface area contributed by atoms with Crippen molar-refractivity contribution in [1.82, 2.24) is 4.90 Å². The van der Waals surface area contributed by atoms with E-state index >= 15 is 0 Å². The van der Waals surface area contributed by atoms with Crippen molar-refractivity contribution in [2.45, 2.75) is 26.4 Å². The standard InChI is InChI=1S/C21H25N3O3/c1-4-26-18-11-9-17(10-12-18)22-21(25)24(3)14-19-13-20(23-27-19)16-7-5-15(2)6-8-16/h5-12,19H,4,13-14H2,1-3H3,(H,22,25)/t19-/m1/s1. The van der Waals surface area contributed by atoms with Gasteiger partial charge >= 0.3 is 6.03 Å². The van der Waals surface area contributed by atoms with E-state index < -0.39 is 0 Å². The molecule has 0 aromatic heterocycles. The molecule has 0 radical (unpaired) electrons. The number of ether oxygens (including phenoxy) is 1. The number of hydrogen-bond acceptors (Lipinski definition) is 4. The van der Waals surface area contributed by atoms with Crippen molar-refractivity contribution in [2.24, 2.45) is 5.16 Å². The van der Waals surface area contributed by atoms with Crippen molar-refractivity contribution in [3.05, 3.63) is 59.7 Å². The number of rotatable bonds is 6. The van der Waals surface area contributed by atoms with Crippen LogP contribution in [-0.4, -0.2) is 42.9 Å². The van der Waals surface area contributed by atoms with Crippen molar-refractivity contribution in [2.75, 3.05) is 25.5 Å². The molecule has 27 heavy (non-hydrogen) atoms. The Labute approximate surface area is 159 Å². The number of likely N-dealkylation sites (N-methyl/N-ethyl adjacent to an activating group) is 1. The van der Waals surface area contributed by atoms with Crippen LogP contribution in [-0.2, 0) is 4.84 Å². The maximum Gasteiger partial charge on any atom is 0.321 e. The second-order valence-electron chi connectivity index (χ2n) is 6.60. The first-order valence-electron chi connectivity index (χ1n) is 9.10. The third-order valence-corrected chi connectivity index (χ3v) is 4.36. The van der Waals surface area contributed by atoms with E-state index in [0.717, 1.165) is 22.7 Å². The summed E-state index contributed by atoms with van der Waals surface area (Å²) in [7, 11) is 1.75. The smallest absolute Gasteiger partial charge is 0.321 e. The first-order valence-corrected chi connectivity index (χ1v) is 9.10. The van der Waals surface area contributed by atoms with Gasteiger partial charge in [-0.25, -0.2) is 4.79 Å². The number of urea groups is 1. The lowest BCUT2D eigenvalue weighted by molar-refractivity contribution is 0.0672. The number of carbonyl (C=O) groups excluding carboxylic acids is 1. The summed E-state index contributed by atoms with van der Waals surface area (Å²) in [6, 6.07) is 15.3. The molecule has 3 rings (SSSR count). The molecule has 1 atom stereocenters. The van der Waals surface area contributed by atoms with Crippen LogP contribution in [0.15, 0.2) is 53.7 Å². The monoisotopic (exact) mass is 367 g/mol. The number of benzene rings is 2. The first kappa shape index (κ1) is 18.8. The molecular formula is C21H25N3O3. The molecule has 6 heteroatoms. The quantitative estimate of drug-likeness (QED) is 0.838. The number of nitrogens with zero attached hydrogens (tertiary/aromatic N) is 2. The molecule has 0 spiro atoms. The van der Waals surface area contributed by atoms with Crippen LogP contribution in [0.25, 0.3) is 0 Å². The van der Waals surface area contributed by atoms with Gasteiger partial charge in [-0.3, -0.25) is 0 Å². The Kier molecular flexibility index (Phi) is 5.96. The molecule has 0 fully saturated rings. The molecule has 1 N–H and O–H groups in total. The van der Waals surface area contributed by atoms with Gasteiger partial charge in [0.2, 0.25) is 0 Å². The number of carbonyl (C=O) groups is 1. The third-order valence-electron chi connectivity index (χ3n) is 4.36. The van der Waals surface area contributed by atoms with Gasteiger partial charge in [-0.2, -0.15) is 0 Å². The lowest BCUT2D eigenvalue weighted by Gasteiger charge is -2.20. The molecule has 2 aromatic carbocycles. The molecule has 0 aliphatic carbocycles. The van der Waals surface area contributed by atoms with Crippen molar-refractivity contribution >= 4 is 17.4 Å². The Balaban J connectivity index is 1.49. The van der Waals surface area contributed by atoms with Crippen molar-refractivity contribution < 1.29 is 14.4 Å². The van der Waals surface area contributed by atoms with Crippen LogP contribution in [0, 0.1) is 6.92 Å². The molecule has 0 bridgehead atoms. The normalized spacial score (nSPS) is 15.7. The molecular weight excluding hydrogens is 342 g/mol. The van der Waals surface area contributed by atoms with Gasteiger partial charge in [-0.15, -0.1) is 0 Å². The maximum atomic E-state index is 12.4. The molecule has 0 saturated carbocycles. The molecule has 142 valence electrons. The van der Waals surface area contributed by atoms with Crippen LogP contribution in [0.3, 0.4) is 0 Å². The van der Waals surface area contributed by atoms with E-state index in [4.69, 9.17) is 9.57 Å². The molecule has 6 nitrogen and oxygen atoms in total. The van der Waals surface area contributed by atoms with Gasteiger partial charge in [0.25, 0.3) is 0 Å².